The van der Waals surface area contributed by atoms with Crippen LogP contribution in [0.3, 0.4) is 0 Å². The van der Waals surface area contributed by atoms with Crippen LogP contribution in [0.4, 0.5) is 5.13 Å². The molecule has 0 atom stereocenters. The first-order valence-electron chi connectivity index (χ1n) is 5.90. The van der Waals surface area contributed by atoms with Gasteiger partial charge in [0.05, 0.1) is 10.2 Å². The molecule has 0 fully saturated rings. The minimum Gasteiger partial charge on any atom is -0.330 e. The zero-order chi connectivity index (χ0) is 14.3. The number of hydrogen-bond acceptors (Lipinski definition) is 4. The summed E-state index contributed by atoms with van der Waals surface area (Å²) >= 11 is 7.48. The number of nitrogens with one attached hydrogen (secondary N) is 1. The molecule has 3 rings (SSSR count). The van der Waals surface area contributed by atoms with E-state index in [1.165, 1.54) is 11.3 Å². The van der Waals surface area contributed by atoms with Gasteiger partial charge in [0.25, 0.3) is 5.91 Å². The highest BCUT2D eigenvalue weighted by Crippen LogP contribution is 2.31. The Balaban J connectivity index is 1.94. The number of thiazole rings is 1. The molecular weight excluding hydrogens is 296 g/mol. The molecule has 1 aromatic carbocycles. The van der Waals surface area contributed by atoms with Crippen LogP contribution in [-0.4, -0.2) is 20.4 Å². The second-order valence-electron chi connectivity index (χ2n) is 4.35. The van der Waals surface area contributed by atoms with E-state index in [9.17, 15) is 4.79 Å². The first-order valence-corrected chi connectivity index (χ1v) is 7.10. The molecule has 0 radical (unpaired) electrons. The summed E-state index contributed by atoms with van der Waals surface area (Å²) < 4.78 is 2.65. The van der Waals surface area contributed by atoms with Crippen molar-refractivity contribution in [1.29, 1.82) is 0 Å². The van der Waals surface area contributed by atoms with Crippen LogP contribution in [0.1, 0.15) is 16.2 Å². The molecule has 0 unspecified atom stereocenters. The highest BCUT2D eigenvalue weighted by atomic mass is 35.5. The standard InChI is InChI=1S/C13H11ClN4OS/c1-7-8(14)3-4-9-10(7)16-13(20-9)17-12(19)11-15-5-6-18(11)2/h3-6H,1-2H3,(H,16,17,19). The molecule has 5 nitrogen and oxygen atoms in total. The van der Waals surface area contributed by atoms with Gasteiger partial charge >= 0.3 is 0 Å². The summed E-state index contributed by atoms with van der Waals surface area (Å²) in [6.45, 7) is 1.91. The predicted molar refractivity (Wildman–Crippen MR) is 80.5 cm³/mol. The van der Waals surface area contributed by atoms with Crippen molar-refractivity contribution in [2.45, 2.75) is 6.92 Å². The summed E-state index contributed by atoms with van der Waals surface area (Å²) in [6, 6.07) is 3.74. The zero-order valence-corrected chi connectivity index (χ0v) is 12.4. The number of halogens is 1. The monoisotopic (exact) mass is 306 g/mol. The molecule has 0 aliphatic heterocycles. The molecule has 0 saturated heterocycles. The maximum Gasteiger partial charge on any atom is 0.293 e. The van der Waals surface area contributed by atoms with Crippen molar-refractivity contribution in [3.63, 3.8) is 0 Å². The van der Waals surface area contributed by atoms with Gasteiger partial charge in [-0.05, 0) is 24.6 Å². The Bertz CT molecular complexity index is 808. The number of fused-ring (bicyclic) bond motifs is 1. The number of benzene rings is 1. The van der Waals surface area contributed by atoms with Crippen LogP contribution >= 0.6 is 22.9 Å². The third-order valence-electron chi connectivity index (χ3n) is 2.99. The molecular formula is C13H11ClN4OS. The summed E-state index contributed by atoms with van der Waals surface area (Å²) in [5.41, 5.74) is 1.73. The Kier molecular flexibility index (Phi) is 3.19. The van der Waals surface area contributed by atoms with Crippen molar-refractivity contribution in [2.24, 2.45) is 7.05 Å². The van der Waals surface area contributed by atoms with E-state index in [4.69, 9.17) is 11.6 Å². The van der Waals surface area contributed by atoms with E-state index in [0.717, 1.165) is 15.8 Å². The van der Waals surface area contributed by atoms with Gasteiger partial charge in [-0.15, -0.1) is 0 Å². The van der Waals surface area contributed by atoms with Crippen molar-refractivity contribution >= 4 is 44.2 Å². The van der Waals surface area contributed by atoms with Gasteiger partial charge in [0.15, 0.2) is 11.0 Å². The van der Waals surface area contributed by atoms with Crippen LogP contribution < -0.4 is 5.32 Å². The number of aromatic nitrogens is 3. The van der Waals surface area contributed by atoms with Gasteiger partial charge in [-0.3, -0.25) is 10.1 Å². The van der Waals surface area contributed by atoms with Crippen molar-refractivity contribution < 1.29 is 4.79 Å². The lowest BCUT2D eigenvalue weighted by Gasteiger charge is -2.00. The topological polar surface area (TPSA) is 59.8 Å². The normalized spacial score (nSPS) is 10.9. The van der Waals surface area contributed by atoms with Crippen molar-refractivity contribution in [2.75, 3.05) is 5.32 Å². The highest BCUT2D eigenvalue weighted by molar-refractivity contribution is 7.22. The van der Waals surface area contributed by atoms with Crippen LogP contribution in [0.2, 0.25) is 5.02 Å². The largest absolute Gasteiger partial charge is 0.330 e. The molecule has 7 heteroatoms. The number of amides is 1. The first-order chi connectivity index (χ1) is 9.56. The minimum atomic E-state index is -0.277. The summed E-state index contributed by atoms with van der Waals surface area (Å²) in [4.78, 5) is 20.5. The number of nitrogens with zero attached hydrogens (tertiary/aromatic N) is 3. The fraction of sp³-hybridized carbons (Fsp3) is 0.154. The van der Waals surface area contributed by atoms with Crippen molar-refractivity contribution in [3.05, 3.63) is 40.9 Å². The van der Waals surface area contributed by atoms with Gasteiger partial charge in [-0.1, -0.05) is 22.9 Å². The zero-order valence-electron chi connectivity index (χ0n) is 10.8. The van der Waals surface area contributed by atoms with Gasteiger partial charge in [0.1, 0.15) is 0 Å². The lowest BCUT2D eigenvalue weighted by atomic mass is 10.2. The second-order valence-corrected chi connectivity index (χ2v) is 5.79. The van der Waals surface area contributed by atoms with Gasteiger partial charge < -0.3 is 4.57 Å². The smallest absolute Gasteiger partial charge is 0.293 e. The second kappa shape index (κ2) is 4.88. The van der Waals surface area contributed by atoms with Crippen LogP contribution in [0.15, 0.2) is 24.5 Å². The van der Waals surface area contributed by atoms with E-state index in [0.29, 0.717) is 16.0 Å². The number of imidazole rings is 1. The fourth-order valence-electron chi connectivity index (χ4n) is 1.89. The first kappa shape index (κ1) is 13.1. The van der Waals surface area contributed by atoms with E-state index < -0.39 is 0 Å². The Labute approximate surface area is 124 Å². The average molecular weight is 307 g/mol. The van der Waals surface area contributed by atoms with Crippen LogP contribution in [0, 0.1) is 6.92 Å². The summed E-state index contributed by atoms with van der Waals surface area (Å²) in [5, 5.41) is 3.97. The summed E-state index contributed by atoms with van der Waals surface area (Å²) in [5.74, 6) is 0.0688. The summed E-state index contributed by atoms with van der Waals surface area (Å²) in [7, 11) is 1.77. The molecule has 0 saturated carbocycles. The van der Waals surface area contributed by atoms with Crippen molar-refractivity contribution in [1.82, 2.24) is 14.5 Å². The van der Waals surface area contributed by atoms with Crippen LogP contribution in [-0.2, 0) is 7.05 Å². The van der Waals surface area contributed by atoms with E-state index in [1.807, 2.05) is 19.1 Å². The Morgan fingerprint density at radius 1 is 1.45 bits per heavy atom. The number of aryl methyl sites for hydroxylation is 2. The number of rotatable bonds is 2. The SMILES string of the molecule is Cc1c(Cl)ccc2sc(NC(=O)c3nccn3C)nc12. The third kappa shape index (κ3) is 2.17. The molecule has 2 heterocycles. The maximum absolute atomic E-state index is 12.1. The quantitative estimate of drug-likeness (QED) is 0.790. The molecule has 102 valence electrons. The average Bonchev–Trinajstić information content (AvgIpc) is 3.00. The van der Waals surface area contributed by atoms with E-state index in [-0.39, 0.29) is 5.91 Å². The fourth-order valence-corrected chi connectivity index (χ4v) is 2.96. The molecule has 1 N–H and O–H groups in total. The van der Waals surface area contributed by atoms with Crippen LogP contribution in [0.5, 0.6) is 0 Å². The molecule has 2 aromatic heterocycles. The molecule has 20 heavy (non-hydrogen) atoms. The Morgan fingerprint density at radius 2 is 2.25 bits per heavy atom. The number of carbonyl (C=O) groups excluding carboxylic acids is 1. The van der Waals surface area contributed by atoms with Crippen LogP contribution in [0.25, 0.3) is 10.2 Å². The molecule has 3 aromatic rings. The van der Waals surface area contributed by atoms with Gasteiger partial charge in [-0.25, -0.2) is 9.97 Å². The van der Waals surface area contributed by atoms with Gasteiger partial charge in [-0.2, -0.15) is 0 Å². The number of anilines is 1. The van der Waals surface area contributed by atoms with E-state index in [2.05, 4.69) is 15.3 Å². The Hall–Kier alpha value is -1.92. The number of hydrogen-bond donors (Lipinski definition) is 1. The van der Waals surface area contributed by atoms with Gasteiger partial charge in [0.2, 0.25) is 0 Å². The Morgan fingerprint density at radius 3 is 2.95 bits per heavy atom. The van der Waals surface area contributed by atoms with Gasteiger partial charge in [0, 0.05) is 24.5 Å². The van der Waals surface area contributed by atoms with Crippen molar-refractivity contribution in [3.8, 4) is 0 Å². The highest BCUT2D eigenvalue weighted by Gasteiger charge is 2.14. The van der Waals surface area contributed by atoms with E-state index >= 15 is 0 Å². The molecule has 0 bridgehead atoms. The maximum atomic E-state index is 12.1. The predicted octanol–water partition coefficient (Wildman–Crippen LogP) is 3.24. The van der Waals surface area contributed by atoms with E-state index in [1.54, 1.807) is 24.0 Å². The summed E-state index contributed by atoms with van der Waals surface area (Å²) in [6.07, 6.45) is 3.30. The molecule has 1 amide bonds. The molecule has 0 spiro atoms. The minimum absolute atomic E-state index is 0.277. The molecule has 0 aliphatic carbocycles. The lowest BCUT2D eigenvalue weighted by Crippen LogP contribution is -2.16. The lowest BCUT2D eigenvalue weighted by molar-refractivity contribution is 0.101. The third-order valence-corrected chi connectivity index (χ3v) is 4.34. The number of carbonyl (C=O) groups is 1. The molecule has 0 aliphatic rings.